The molecule has 0 fully saturated rings. The van der Waals surface area contributed by atoms with Gasteiger partial charge in [-0.2, -0.15) is 0 Å². The average Bonchev–Trinajstić information content (AvgIpc) is 2.15. The van der Waals surface area contributed by atoms with Crippen molar-refractivity contribution in [1.29, 1.82) is 0 Å². The minimum Gasteiger partial charge on any atom is -0.341 e. The maximum absolute atomic E-state index is 11.7. The second kappa shape index (κ2) is 6.98. The lowest BCUT2D eigenvalue weighted by Crippen LogP contribution is -2.40. The lowest BCUT2D eigenvalue weighted by atomic mass is 10.2. The number of nitrogens with zero attached hydrogens (tertiary/aromatic N) is 1. The molecule has 4 heteroatoms. The van der Waals surface area contributed by atoms with Gasteiger partial charge < -0.3 is 4.90 Å². The van der Waals surface area contributed by atoms with Gasteiger partial charge in [-0.3, -0.25) is 9.59 Å². The van der Waals surface area contributed by atoms with Gasteiger partial charge in [0, 0.05) is 13.1 Å². The van der Waals surface area contributed by atoms with Gasteiger partial charge in [0.2, 0.25) is 5.91 Å². The molecule has 0 aromatic rings. The second-order valence-electron chi connectivity index (χ2n) is 3.30. The fourth-order valence-electron chi connectivity index (χ4n) is 1.21. The molecule has 0 rings (SSSR count). The molecule has 0 saturated carbocycles. The van der Waals surface area contributed by atoms with Crippen LogP contribution in [0.2, 0.25) is 0 Å². The van der Waals surface area contributed by atoms with Gasteiger partial charge in [-0.1, -0.05) is 29.8 Å². The zero-order valence-electron chi connectivity index (χ0n) is 9.05. The fourth-order valence-corrected chi connectivity index (χ4v) is 1.50. The maximum atomic E-state index is 11.7. The Morgan fingerprint density at radius 1 is 1.21 bits per heavy atom. The molecular weight excluding hydrogens is 246 g/mol. The van der Waals surface area contributed by atoms with Gasteiger partial charge in [-0.25, -0.2) is 0 Å². The van der Waals surface area contributed by atoms with Crippen LogP contribution in [-0.4, -0.2) is 34.5 Å². The normalized spacial score (nSPS) is 12.3. The molecule has 0 aliphatic heterocycles. The maximum Gasteiger partial charge on any atom is 0.243 e. The highest BCUT2D eigenvalue weighted by Gasteiger charge is 2.24. The largest absolute Gasteiger partial charge is 0.341 e. The highest BCUT2D eigenvalue weighted by atomic mass is 79.9. The molecule has 0 aliphatic rings. The van der Waals surface area contributed by atoms with E-state index < -0.39 is 4.83 Å². The third-order valence-corrected chi connectivity index (χ3v) is 2.91. The van der Waals surface area contributed by atoms with Gasteiger partial charge in [0.25, 0.3) is 0 Å². The molecule has 1 amide bonds. The van der Waals surface area contributed by atoms with Crippen LogP contribution in [0.4, 0.5) is 0 Å². The zero-order valence-corrected chi connectivity index (χ0v) is 10.6. The molecule has 0 aromatic heterocycles. The molecule has 0 spiro atoms. The molecule has 1 atom stereocenters. The van der Waals surface area contributed by atoms with E-state index in [0.29, 0.717) is 0 Å². The molecule has 0 radical (unpaired) electrons. The summed E-state index contributed by atoms with van der Waals surface area (Å²) in [5.41, 5.74) is 0. The average molecular weight is 264 g/mol. The van der Waals surface area contributed by atoms with Crippen LogP contribution in [0.25, 0.3) is 0 Å². The first kappa shape index (κ1) is 13.6. The highest BCUT2D eigenvalue weighted by molar-refractivity contribution is 9.10. The molecule has 1 unspecified atom stereocenters. The number of rotatable bonds is 6. The Morgan fingerprint density at radius 3 is 1.93 bits per heavy atom. The topological polar surface area (TPSA) is 37.4 Å². The van der Waals surface area contributed by atoms with Crippen molar-refractivity contribution in [3.05, 3.63) is 0 Å². The fraction of sp³-hybridized carbons (Fsp3) is 0.800. The number of Topliss-reactive ketones (excluding diaryl/α,β-unsaturated/α-hetero) is 1. The number of carbonyl (C=O) groups excluding carboxylic acids is 2. The van der Waals surface area contributed by atoms with Gasteiger partial charge in [-0.15, -0.1) is 0 Å². The van der Waals surface area contributed by atoms with Crippen molar-refractivity contribution in [2.45, 2.75) is 38.4 Å². The van der Waals surface area contributed by atoms with E-state index in [1.807, 2.05) is 13.8 Å². The molecule has 0 heterocycles. The summed E-state index contributed by atoms with van der Waals surface area (Å²) in [7, 11) is 0. The molecule has 3 nitrogen and oxygen atoms in total. The van der Waals surface area contributed by atoms with E-state index in [1.165, 1.54) is 6.92 Å². The van der Waals surface area contributed by atoms with Gasteiger partial charge >= 0.3 is 0 Å². The van der Waals surface area contributed by atoms with Gasteiger partial charge in [0.05, 0.1) is 0 Å². The predicted octanol–water partition coefficient (Wildman–Crippen LogP) is 1.99. The summed E-state index contributed by atoms with van der Waals surface area (Å²) >= 11 is 3.11. The zero-order chi connectivity index (χ0) is 11.1. The van der Waals surface area contributed by atoms with E-state index in [9.17, 15) is 9.59 Å². The highest BCUT2D eigenvalue weighted by Crippen LogP contribution is 2.07. The van der Waals surface area contributed by atoms with Gasteiger partial charge in [0.1, 0.15) is 0 Å². The first-order chi connectivity index (χ1) is 6.54. The summed E-state index contributed by atoms with van der Waals surface area (Å²) < 4.78 is 0. The number of alkyl halides is 1. The Labute approximate surface area is 94.0 Å². The predicted molar refractivity (Wildman–Crippen MR) is 60.6 cm³/mol. The SMILES string of the molecule is CCCN(CCC)C(=O)C(Br)C(C)=O. The summed E-state index contributed by atoms with van der Waals surface area (Å²) in [6, 6.07) is 0. The van der Waals surface area contributed by atoms with E-state index in [1.54, 1.807) is 4.90 Å². The molecule has 14 heavy (non-hydrogen) atoms. The van der Waals surface area contributed by atoms with Crippen LogP contribution in [0.5, 0.6) is 0 Å². The van der Waals surface area contributed by atoms with Crippen molar-refractivity contribution in [2.24, 2.45) is 0 Å². The molecule has 0 N–H and O–H groups in total. The number of amides is 1. The Bertz CT molecular complexity index is 200. The van der Waals surface area contributed by atoms with Crippen LogP contribution in [0, 0.1) is 0 Å². The van der Waals surface area contributed by atoms with Crippen molar-refractivity contribution < 1.29 is 9.59 Å². The van der Waals surface area contributed by atoms with Crippen LogP contribution < -0.4 is 0 Å². The van der Waals surface area contributed by atoms with Crippen LogP contribution in [0.1, 0.15) is 33.6 Å². The first-order valence-electron chi connectivity index (χ1n) is 4.97. The van der Waals surface area contributed by atoms with Crippen molar-refractivity contribution >= 4 is 27.6 Å². The summed E-state index contributed by atoms with van der Waals surface area (Å²) in [5, 5.41) is 0. The summed E-state index contributed by atoms with van der Waals surface area (Å²) in [6.45, 7) is 6.91. The van der Waals surface area contributed by atoms with Crippen LogP contribution in [0.15, 0.2) is 0 Å². The number of carbonyl (C=O) groups is 2. The van der Waals surface area contributed by atoms with E-state index in [0.717, 1.165) is 25.9 Å². The first-order valence-corrected chi connectivity index (χ1v) is 5.89. The third-order valence-electron chi connectivity index (χ3n) is 1.87. The van der Waals surface area contributed by atoms with Crippen LogP contribution >= 0.6 is 15.9 Å². The minimum atomic E-state index is -0.666. The monoisotopic (exact) mass is 263 g/mol. The van der Waals surface area contributed by atoms with E-state index in [4.69, 9.17) is 0 Å². The molecule has 82 valence electrons. The van der Waals surface area contributed by atoms with Crippen molar-refractivity contribution in [3.63, 3.8) is 0 Å². The quantitative estimate of drug-likeness (QED) is 0.543. The Balaban J connectivity index is 4.33. The number of halogens is 1. The minimum absolute atomic E-state index is 0.110. The van der Waals surface area contributed by atoms with E-state index in [2.05, 4.69) is 15.9 Å². The molecular formula is C10H18BrNO2. The Hall–Kier alpha value is -0.380. The summed E-state index contributed by atoms with van der Waals surface area (Å²) in [6.07, 6.45) is 1.84. The van der Waals surface area contributed by atoms with E-state index in [-0.39, 0.29) is 11.7 Å². The molecule has 0 aromatic carbocycles. The van der Waals surface area contributed by atoms with Crippen LogP contribution in [0.3, 0.4) is 0 Å². The van der Waals surface area contributed by atoms with Crippen molar-refractivity contribution in [1.82, 2.24) is 4.90 Å². The Kier molecular flexibility index (Phi) is 6.79. The lowest BCUT2D eigenvalue weighted by Gasteiger charge is -2.23. The molecule has 0 aliphatic carbocycles. The van der Waals surface area contributed by atoms with Crippen molar-refractivity contribution in [3.8, 4) is 0 Å². The standard InChI is InChI=1S/C10H18BrNO2/c1-4-6-12(7-5-2)10(14)9(11)8(3)13/h9H,4-7H2,1-3H3. The smallest absolute Gasteiger partial charge is 0.243 e. The summed E-state index contributed by atoms with van der Waals surface area (Å²) in [5.74, 6) is -0.242. The van der Waals surface area contributed by atoms with Crippen LogP contribution in [-0.2, 0) is 9.59 Å². The number of ketones is 1. The second-order valence-corrected chi connectivity index (χ2v) is 4.21. The number of hydrogen-bond acceptors (Lipinski definition) is 2. The summed E-state index contributed by atoms with van der Waals surface area (Å²) in [4.78, 5) is 23.8. The molecule has 0 bridgehead atoms. The number of hydrogen-bond donors (Lipinski definition) is 0. The lowest BCUT2D eigenvalue weighted by molar-refractivity contribution is -0.133. The van der Waals surface area contributed by atoms with E-state index >= 15 is 0 Å². The Morgan fingerprint density at radius 2 is 1.64 bits per heavy atom. The third kappa shape index (κ3) is 4.22. The van der Waals surface area contributed by atoms with Gasteiger partial charge in [0.15, 0.2) is 10.6 Å². The van der Waals surface area contributed by atoms with Crippen molar-refractivity contribution in [2.75, 3.05) is 13.1 Å². The molecule has 0 saturated heterocycles. The van der Waals surface area contributed by atoms with Gasteiger partial charge in [-0.05, 0) is 19.8 Å².